The lowest BCUT2D eigenvalue weighted by atomic mass is 10.1. The third kappa shape index (κ3) is 9.88. The highest BCUT2D eigenvalue weighted by molar-refractivity contribution is 5.95. The molecular weight excluding hydrogens is 402 g/mol. The molecule has 7 nitrogen and oxygen atoms in total. The molecule has 0 fully saturated rings. The number of rotatable bonds is 12. The summed E-state index contributed by atoms with van der Waals surface area (Å²) in [5, 5.41) is 6.59. The summed E-state index contributed by atoms with van der Waals surface area (Å²) in [7, 11) is 0. The van der Waals surface area contributed by atoms with E-state index in [-0.39, 0.29) is 11.7 Å². The maximum absolute atomic E-state index is 13.7. The number of amidine groups is 1. The maximum atomic E-state index is 13.7. The molecule has 170 valence electrons. The predicted molar refractivity (Wildman–Crippen MR) is 123 cm³/mol. The van der Waals surface area contributed by atoms with Gasteiger partial charge in [0.05, 0.1) is 5.92 Å². The quantitative estimate of drug-likeness (QED) is 0.201. The van der Waals surface area contributed by atoms with Crippen molar-refractivity contribution < 1.29 is 13.5 Å². The number of halogens is 2. The van der Waals surface area contributed by atoms with E-state index in [9.17, 15) is 8.78 Å². The van der Waals surface area contributed by atoms with Gasteiger partial charge in [0.2, 0.25) is 0 Å². The summed E-state index contributed by atoms with van der Waals surface area (Å²) < 4.78 is 32.3. The molecular formula is C22H32F2N6O. The van der Waals surface area contributed by atoms with Crippen molar-refractivity contribution in [2.24, 2.45) is 32.6 Å². The molecule has 1 rings (SSSR count). The van der Waals surface area contributed by atoms with Crippen LogP contribution in [0.25, 0.3) is 0 Å². The Morgan fingerprint density at radius 2 is 2.00 bits per heavy atom. The number of ether oxygens (including phenoxy) is 1. The van der Waals surface area contributed by atoms with Crippen LogP contribution in [0.5, 0.6) is 5.75 Å². The van der Waals surface area contributed by atoms with Crippen molar-refractivity contribution in [3.05, 3.63) is 53.4 Å². The molecule has 0 aliphatic carbocycles. The molecule has 31 heavy (non-hydrogen) atoms. The Morgan fingerprint density at radius 1 is 1.26 bits per heavy atom. The SMILES string of the molecule is CC/C=C(\N=C/C(C)/C(N)=N/N)NC/N=C\C(=C/C(C)Oc1ccc(F)cc1F)CC. The molecule has 0 radical (unpaired) electrons. The van der Waals surface area contributed by atoms with E-state index < -0.39 is 17.7 Å². The second kappa shape index (κ2) is 13.9. The molecule has 0 aromatic heterocycles. The highest BCUT2D eigenvalue weighted by Gasteiger charge is 2.08. The van der Waals surface area contributed by atoms with Gasteiger partial charge in [-0.15, -0.1) is 0 Å². The van der Waals surface area contributed by atoms with Gasteiger partial charge in [0.1, 0.15) is 30.2 Å². The van der Waals surface area contributed by atoms with Crippen LogP contribution in [0.4, 0.5) is 8.78 Å². The summed E-state index contributed by atoms with van der Waals surface area (Å²) in [4.78, 5) is 8.73. The topological polar surface area (TPSA) is 110 Å². The first kappa shape index (κ1) is 25.8. The molecule has 1 aromatic carbocycles. The lowest BCUT2D eigenvalue weighted by molar-refractivity contribution is 0.255. The summed E-state index contributed by atoms with van der Waals surface area (Å²) in [6, 6.07) is 3.22. The number of benzene rings is 1. The van der Waals surface area contributed by atoms with Crippen LogP contribution in [0.2, 0.25) is 0 Å². The second-order valence-electron chi connectivity index (χ2n) is 6.76. The van der Waals surface area contributed by atoms with E-state index >= 15 is 0 Å². The minimum Gasteiger partial charge on any atom is -0.484 e. The third-order valence-corrected chi connectivity index (χ3v) is 4.12. The van der Waals surface area contributed by atoms with E-state index in [1.54, 1.807) is 19.4 Å². The van der Waals surface area contributed by atoms with Gasteiger partial charge in [0.25, 0.3) is 0 Å². The van der Waals surface area contributed by atoms with Crippen LogP contribution in [-0.2, 0) is 0 Å². The number of aliphatic imine (C=N–C) groups is 2. The van der Waals surface area contributed by atoms with Crippen molar-refractivity contribution >= 4 is 18.3 Å². The van der Waals surface area contributed by atoms with Crippen molar-refractivity contribution in [3.8, 4) is 5.75 Å². The summed E-state index contributed by atoms with van der Waals surface area (Å²) in [5.74, 6) is 4.58. The molecule has 0 aliphatic heterocycles. The van der Waals surface area contributed by atoms with Gasteiger partial charge in [-0.3, -0.25) is 4.99 Å². The molecule has 0 spiro atoms. The maximum Gasteiger partial charge on any atom is 0.168 e. The van der Waals surface area contributed by atoms with Gasteiger partial charge in [-0.1, -0.05) is 20.8 Å². The van der Waals surface area contributed by atoms with Gasteiger partial charge in [0, 0.05) is 18.5 Å². The van der Waals surface area contributed by atoms with Gasteiger partial charge in [-0.2, -0.15) is 5.10 Å². The van der Waals surface area contributed by atoms with Gasteiger partial charge in [-0.05, 0) is 49.6 Å². The Hall–Kier alpha value is -3.23. The Morgan fingerprint density at radius 3 is 2.61 bits per heavy atom. The van der Waals surface area contributed by atoms with Crippen molar-refractivity contribution in [2.75, 3.05) is 6.67 Å². The molecule has 9 heteroatoms. The molecule has 1 aromatic rings. The van der Waals surface area contributed by atoms with E-state index in [2.05, 4.69) is 20.4 Å². The van der Waals surface area contributed by atoms with Crippen LogP contribution in [0.3, 0.4) is 0 Å². The highest BCUT2D eigenvalue weighted by atomic mass is 19.1. The van der Waals surface area contributed by atoms with Crippen LogP contribution in [0.15, 0.2) is 56.8 Å². The fourth-order valence-electron chi connectivity index (χ4n) is 2.40. The Balaban J connectivity index is 2.68. The minimum absolute atomic E-state index is 0.000889. The molecule has 0 saturated heterocycles. The van der Waals surface area contributed by atoms with E-state index in [0.29, 0.717) is 24.7 Å². The van der Waals surface area contributed by atoms with E-state index in [0.717, 1.165) is 24.1 Å². The standard InChI is InChI=1S/C22H32F2N6O/c1-5-7-21(28-12-15(3)22(25)30-26)29-14-27-13-17(6-2)10-16(4)31-20-9-8-18(23)11-19(20)24/h7-13,15-16,29H,5-6,14,26H2,1-4H3,(H2,25,30)/b17-10-,21-7+,27-13-,28-12-. The average molecular weight is 435 g/mol. The lowest BCUT2D eigenvalue weighted by Crippen LogP contribution is -2.24. The summed E-state index contributed by atoms with van der Waals surface area (Å²) >= 11 is 0. The third-order valence-electron chi connectivity index (χ3n) is 4.12. The number of nitrogens with one attached hydrogen (secondary N) is 1. The monoisotopic (exact) mass is 434 g/mol. The minimum atomic E-state index is -0.735. The number of nitrogens with zero attached hydrogens (tertiary/aromatic N) is 3. The molecule has 0 amide bonds. The van der Waals surface area contributed by atoms with E-state index in [1.165, 1.54) is 6.07 Å². The molecule has 0 saturated carbocycles. The molecule has 0 heterocycles. The van der Waals surface area contributed by atoms with Crippen LogP contribution in [-0.4, -0.2) is 31.0 Å². The van der Waals surface area contributed by atoms with Crippen LogP contribution in [0, 0.1) is 17.6 Å². The zero-order chi connectivity index (χ0) is 23.2. The fraction of sp³-hybridized carbons (Fsp3) is 0.409. The van der Waals surface area contributed by atoms with Crippen LogP contribution in [0.1, 0.15) is 40.5 Å². The molecule has 2 unspecified atom stereocenters. The zero-order valence-electron chi connectivity index (χ0n) is 18.5. The molecule has 0 bridgehead atoms. The number of allylic oxidation sites excluding steroid dienone is 2. The second-order valence-corrected chi connectivity index (χ2v) is 6.76. The number of hydrogen-bond acceptors (Lipinski definition) is 6. The molecule has 5 N–H and O–H groups in total. The van der Waals surface area contributed by atoms with Crippen molar-refractivity contribution in [1.29, 1.82) is 0 Å². The van der Waals surface area contributed by atoms with Crippen molar-refractivity contribution in [2.45, 2.75) is 46.6 Å². The van der Waals surface area contributed by atoms with Crippen LogP contribution < -0.4 is 21.6 Å². The first-order valence-corrected chi connectivity index (χ1v) is 10.1. The fourth-order valence-corrected chi connectivity index (χ4v) is 2.40. The van der Waals surface area contributed by atoms with E-state index in [4.69, 9.17) is 16.3 Å². The zero-order valence-corrected chi connectivity index (χ0v) is 18.5. The smallest absolute Gasteiger partial charge is 0.168 e. The number of nitrogens with two attached hydrogens (primary N) is 2. The van der Waals surface area contributed by atoms with Gasteiger partial charge in [-0.25, -0.2) is 13.8 Å². The Kier molecular flexibility index (Phi) is 11.6. The van der Waals surface area contributed by atoms with Gasteiger partial charge < -0.3 is 21.6 Å². The normalized spacial score (nSPS) is 15.5. The van der Waals surface area contributed by atoms with Crippen molar-refractivity contribution in [1.82, 2.24) is 5.32 Å². The first-order valence-electron chi connectivity index (χ1n) is 10.1. The highest BCUT2D eigenvalue weighted by Crippen LogP contribution is 2.19. The summed E-state index contributed by atoms with van der Waals surface area (Å²) in [6.07, 6.45) is 8.26. The average Bonchev–Trinajstić information content (AvgIpc) is 2.74. The van der Waals surface area contributed by atoms with Crippen LogP contribution >= 0.6 is 0 Å². The van der Waals surface area contributed by atoms with Gasteiger partial charge in [0.15, 0.2) is 11.6 Å². The number of hydrazone groups is 1. The molecule has 2 atom stereocenters. The lowest BCUT2D eigenvalue weighted by Gasteiger charge is -2.13. The first-order chi connectivity index (χ1) is 14.8. The Labute approximate surface area is 182 Å². The van der Waals surface area contributed by atoms with Crippen molar-refractivity contribution in [3.63, 3.8) is 0 Å². The Bertz CT molecular complexity index is 848. The van der Waals surface area contributed by atoms with Gasteiger partial charge >= 0.3 is 0 Å². The largest absolute Gasteiger partial charge is 0.484 e. The summed E-state index contributed by atoms with van der Waals surface area (Å²) in [5.41, 5.74) is 6.58. The summed E-state index contributed by atoms with van der Waals surface area (Å²) in [6.45, 7) is 7.92. The number of hydrogen-bond donors (Lipinski definition) is 3. The predicted octanol–water partition coefficient (Wildman–Crippen LogP) is 3.88. The molecule has 0 aliphatic rings. The van der Waals surface area contributed by atoms with E-state index in [1.807, 2.05) is 32.9 Å².